The van der Waals surface area contributed by atoms with E-state index in [0.717, 1.165) is 33.2 Å². The predicted molar refractivity (Wildman–Crippen MR) is 85.1 cm³/mol. The van der Waals surface area contributed by atoms with Gasteiger partial charge in [0.25, 0.3) is 0 Å². The Labute approximate surface area is 122 Å². The third kappa shape index (κ3) is 2.04. The van der Waals surface area contributed by atoms with E-state index < -0.39 is 0 Å². The first-order valence-corrected chi connectivity index (χ1v) is 6.72. The van der Waals surface area contributed by atoms with Crippen LogP contribution < -0.4 is 9.64 Å². The Hall–Kier alpha value is -2.00. The molecule has 0 aliphatic heterocycles. The molecule has 3 aromatic rings. The molecular formula is C16H15ClN2O. The molecule has 2 aromatic carbocycles. The lowest BCUT2D eigenvalue weighted by Gasteiger charge is -2.18. The number of rotatable bonds is 2. The van der Waals surface area contributed by atoms with E-state index in [4.69, 9.17) is 21.3 Å². The number of halogens is 1. The van der Waals surface area contributed by atoms with E-state index in [9.17, 15) is 0 Å². The van der Waals surface area contributed by atoms with Gasteiger partial charge in [-0.25, -0.2) is 4.98 Å². The molecule has 0 saturated heterocycles. The SMILES string of the molecule is COc1ccc2nc3cc(Cl)ccc3c(N(C)C)c2c1. The summed E-state index contributed by atoms with van der Waals surface area (Å²) in [5.41, 5.74) is 2.96. The van der Waals surface area contributed by atoms with Gasteiger partial charge in [0.1, 0.15) is 5.75 Å². The molecule has 0 unspecified atom stereocenters. The Balaban J connectivity index is 2.48. The Bertz CT molecular complexity index is 799. The van der Waals surface area contributed by atoms with Gasteiger partial charge in [-0.3, -0.25) is 0 Å². The number of methoxy groups -OCH3 is 1. The minimum Gasteiger partial charge on any atom is -0.497 e. The molecule has 0 aliphatic carbocycles. The summed E-state index contributed by atoms with van der Waals surface area (Å²) >= 11 is 6.08. The first-order chi connectivity index (χ1) is 9.60. The second-order valence-electron chi connectivity index (χ2n) is 4.90. The molecule has 0 spiro atoms. The van der Waals surface area contributed by atoms with Crippen LogP contribution in [-0.2, 0) is 0 Å². The van der Waals surface area contributed by atoms with Crippen LogP contribution in [0.1, 0.15) is 0 Å². The van der Waals surface area contributed by atoms with Crippen molar-refractivity contribution in [1.82, 2.24) is 4.98 Å². The van der Waals surface area contributed by atoms with Gasteiger partial charge in [-0.05, 0) is 36.4 Å². The predicted octanol–water partition coefficient (Wildman–Crippen LogP) is 4.12. The van der Waals surface area contributed by atoms with Crippen LogP contribution in [0.4, 0.5) is 5.69 Å². The van der Waals surface area contributed by atoms with Gasteiger partial charge in [0.15, 0.2) is 0 Å². The summed E-state index contributed by atoms with van der Waals surface area (Å²) in [6, 6.07) is 11.7. The highest BCUT2D eigenvalue weighted by atomic mass is 35.5. The smallest absolute Gasteiger partial charge is 0.119 e. The molecule has 1 heterocycles. The Kier molecular flexibility index (Phi) is 3.14. The molecule has 3 nitrogen and oxygen atoms in total. The number of anilines is 1. The maximum absolute atomic E-state index is 6.08. The topological polar surface area (TPSA) is 25.4 Å². The van der Waals surface area contributed by atoms with E-state index in [1.807, 2.05) is 50.5 Å². The highest BCUT2D eigenvalue weighted by Crippen LogP contribution is 2.35. The van der Waals surface area contributed by atoms with Crippen LogP contribution in [0.2, 0.25) is 5.02 Å². The zero-order valence-corrected chi connectivity index (χ0v) is 12.4. The van der Waals surface area contributed by atoms with Gasteiger partial charge >= 0.3 is 0 Å². The molecule has 102 valence electrons. The van der Waals surface area contributed by atoms with E-state index in [1.165, 1.54) is 0 Å². The van der Waals surface area contributed by atoms with Gasteiger partial charge in [-0.2, -0.15) is 0 Å². The van der Waals surface area contributed by atoms with Gasteiger partial charge in [-0.1, -0.05) is 11.6 Å². The van der Waals surface area contributed by atoms with Crippen LogP contribution in [-0.4, -0.2) is 26.2 Å². The average molecular weight is 287 g/mol. The van der Waals surface area contributed by atoms with Crippen LogP contribution in [0.15, 0.2) is 36.4 Å². The van der Waals surface area contributed by atoms with Crippen molar-refractivity contribution in [1.29, 1.82) is 0 Å². The molecule has 1 aromatic heterocycles. The third-order valence-electron chi connectivity index (χ3n) is 3.36. The summed E-state index contributed by atoms with van der Waals surface area (Å²) < 4.78 is 5.32. The molecule has 0 amide bonds. The van der Waals surface area contributed by atoms with Crippen molar-refractivity contribution in [2.24, 2.45) is 0 Å². The Morgan fingerprint density at radius 1 is 1.00 bits per heavy atom. The van der Waals surface area contributed by atoms with Crippen LogP contribution in [0.25, 0.3) is 21.8 Å². The molecule has 0 atom stereocenters. The number of ether oxygens (including phenoxy) is 1. The van der Waals surface area contributed by atoms with Gasteiger partial charge in [0.05, 0.1) is 23.8 Å². The number of benzene rings is 2. The summed E-state index contributed by atoms with van der Waals surface area (Å²) in [5, 5.41) is 2.85. The van der Waals surface area contributed by atoms with Crippen molar-refractivity contribution in [3.05, 3.63) is 41.4 Å². The number of fused-ring (bicyclic) bond motifs is 2. The van der Waals surface area contributed by atoms with Crippen molar-refractivity contribution < 1.29 is 4.74 Å². The van der Waals surface area contributed by atoms with Gasteiger partial charge in [0.2, 0.25) is 0 Å². The second kappa shape index (κ2) is 4.84. The van der Waals surface area contributed by atoms with Crippen LogP contribution in [0.3, 0.4) is 0 Å². The van der Waals surface area contributed by atoms with E-state index >= 15 is 0 Å². The van der Waals surface area contributed by atoms with Crippen LogP contribution >= 0.6 is 11.6 Å². The average Bonchev–Trinajstić information content (AvgIpc) is 2.43. The molecule has 3 rings (SSSR count). The van der Waals surface area contributed by atoms with Crippen LogP contribution in [0, 0.1) is 0 Å². The third-order valence-corrected chi connectivity index (χ3v) is 3.60. The fourth-order valence-electron chi connectivity index (χ4n) is 2.48. The maximum Gasteiger partial charge on any atom is 0.119 e. The minimum atomic E-state index is 0.697. The summed E-state index contributed by atoms with van der Waals surface area (Å²) in [6.07, 6.45) is 0. The van der Waals surface area contributed by atoms with Crippen molar-refractivity contribution in [3.8, 4) is 5.75 Å². The van der Waals surface area contributed by atoms with E-state index in [0.29, 0.717) is 5.02 Å². The molecular weight excluding hydrogens is 272 g/mol. The summed E-state index contributed by atoms with van der Waals surface area (Å²) in [4.78, 5) is 6.79. The molecule has 0 radical (unpaired) electrons. The van der Waals surface area contributed by atoms with E-state index in [-0.39, 0.29) is 0 Å². The number of pyridine rings is 1. The molecule has 0 fully saturated rings. The maximum atomic E-state index is 6.08. The lowest BCUT2D eigenvalue weighted by molar-refractivity contribution is 0.415. The monoisotopic (exact) mass is 286 g/mol. The van der Waals surface area contributed by atoms with Crippen molar-refractivity contribution in [2.45, 2.75) is 0 Å². The van der Waals surface area contributed by atoms with Gasteiger partial charge < -0.3 is 9.64 Å². The largest absolute Gasteiger partial charge is 0.497 e. The summed E-state index contributed by atoms with van der Waals surface area (Å²) in [6.45, 7) is 0. The number of nitrogens with zero attached hydrogens (tertiary/aromatic N) is 2. The second-order valence-corrected chi connectivity index (χ2v) is 5.34. The van der Waals surface area contributed by atoms with E-state index in [1.54, 1.807) is 7.11 Å². The molecule has 0 N–H and O–H groups in total. The Morgan fingerprint density at radius 3 is 2.50 bits per heavy atom. The zero-order chi connectivity index (χ0) is 14.3. The lowest BCUT2D eigenvalue weighted by Crippen LogP contribution is -2.10. The molecule has 4 heteroatoms. The van der Waals surface area contributed by atoms with Gasteiger partial charge in [0, 0.05) is 29.9 Å². The standard InChI is InChI=1S/C16H15ClN2O/c1-19(2)16-12-6-4-10(17)8-15(12)18-14-7-5-11(20-3)9-13(14)16/h4-9H,1-3H3. The quantitative estimate of drug-likeness (QED) is 0.663. The van der Waals surface area contributed by atoms with Crippen molar-refractivity contribution in [3.63, 3.8) is 0 Å². The summed E-state index contributed by atoms with van der Waals surface area (Å²) in [7, 11) is 5.73. The van der Waals surface area contributed by atoms with Crippen LogP contribution in [0.5, 0.6) is 5.75 Å². The number of hydrogen-bond donors (Lipinski definition) is 0. The fraction of sp³-hybridized carbons (Fsp3) is 0.188. The minimum absolute atomic E-state index is 0.697. The van der Waals surface area contributed by atoms with Crippen molar-refractivity contribution >= 4 is 39.1 Å². The first kappa shape index (κ1) is 13.0. The fourth-order valence-corrected chi connectivity index (χ4v) is 2.65. The molecule has 0 saturated carbocycles. The number of hydrogen-bond acceptors (Lipinski definition) is 3. The van der Waals surface area contributed by atoms with Crippen molar-refractivity contribution in [2.75, 3.05) is 26.1 Å². The summed E-state index contributed by atoms with van der Waals surface area (Å²) in [5.74, 6) is 0.829. The highest BCUT2D eigenvalue weighted by Gasteiger charge is 2.12. The lowest BCUT2D eigenvalue weighted by atomic mass is 10.1. The Morgan fingerprint density at radius 2 is 1.80 bits per heavy atom. The number of aromatic nitrogens is 1. The van der Waals surface area contributed by atoms with Gasteiger partial charge in [-0.15, -0.1) is 0 Å². The van der Waals surface area contributed by atoms with E-state index in [2.05, 4.69) is 4.90 Å². The normalized spacial score (nSPS) is 11.0. The molecule has 0 bridgehead atoms. The molecule has 20 heavy (non-hydrogen) atoms. The zero-order valence-electron chi connectivity index (χ0n) is 11.6. The highest BCUT2D eigenvalue weighted by molar-refractivity contribution is 6.31. The molecule has 0 aliphatic rings. The first-order valence-electron chi connectivity index (χ1n) is 6.34.